The van der Waals surface area contributed by atoms with Crippen molar-refractivity contribution in [1.82, 2.24) is 5.32 Å². The fourth-order valence-electron chi connectivity index (χ4n) is 3.02. The van der Waals surface area contributed by atoms with Crippen LogP contribution in [0.2, 0.25) is 0 Å². The van der Waals surface area contributed by atoms with Gasteiger partial charge in [-0.2, -0.15) is 0 Å². The average Bonchev–Trinajstić information content (AvgIpc) is 3.49. The van der Waals surface area contributed by atoms with Gasteiger partial charge in [-0.25, -0.2) is 8.42 Å². The van der Waals surface area contributed by atoms with Gasteiger partial charge in [0.15, 0.2) is 0 Å². The van der Waals surface area contributed by atoms with Crippen LogP contribution in [0.4, 0.5) is 11.4 Å². The van der Waals surface area contributed by atoms with Gasteiger partial charge in [-0.3, -0.25) is 14.3 Å². The smallest absolute Gasteiger partial charge is 0.265 e. The number of carbonyl (C=O) groups excluding carboxylic acids is 2. The molecule has 0 aromatic heterocycles. The molecule has 0 bridgehead atoms. The second-order valence-corrected chi connectivity index (χ2v) is 8.94. The van der Waals surface area contributed by atoms with E-state index in [1.807, 2.05) is 6.92 Å². The number of benzene rings is 2. The average molecular weight is 448 g/mol. The van der Waals surface area contributed by atoms with Gasteiger partial charge in [0.05, 0.1) is 20.8 Å². The van der Waals surface area contributed by atoms with Crippen molar-refractivity contribution in [2.45, 2.75) is 18.2 Å². The van der Waals surface area contributed by atoms with Crippen LogP contribution in [-0.2, 0) is 19.6 Å². The zero-order valence-electron chi connectivity index (χ0n) is 17.5. The zero-order valence-corrected chi connectivity index (χ0v) is 18.3. The normalized spacial score (nSPS) is 17.4. The number of methoxy groups -OCH3 is 2. The molecule has 9 nitrogen and oxygen atoms in total. The minimum absolute atomic E-state index is 0.0328. The molecule has 10 heteroatoms. The Morgan fingerprint density at radius 1 is 1.03 bits per heavy atom. The summed E-state index contributed by atoms with van der Waals surface area (Å²) in [7, 11) is -1.13. The fourth-order valence-corrected chi connectivity index (χ4v) is 4.28. The lowest BCUT2D eigenvalue weighted by molar-refractivity contribution is -0.125. The summed E-state index contributed by atoms with van der Waals surface area (Å²) >= 11 is 0. The highest BCUT2D eigenvalue weighted by molar-refractivity contribution is 7.92. The number of ether oxygens (including phenoxy) is 2. The number of hydrogen-bond donors (Lipinski definition) is 3. The van der Waals surface area contributed by atoms with Gasteiger partial charge in [-0.05, 0) is 54.8 Å². The minimum Gasteiger partial charge on any atom is -0.497 e. The molecule has 1 aliphatic rings. The summed E-state index contributed by atoms with van der Waals surface area (Å²) in [5.74, 6) is 0.413. The molecule has 166 valence electrons. The lowest BCUT2D eigenvalue weighted by atomic mass is 10.3. The molecule has 31 heavy (non-hydrogen) atoms. The highest BCUT2D eigenvalue weighted by atomic mass is 32.2. The maximum absolute atomic E-state index is 12.9. The first kappa shape index (κ1) is 22.4. The Labute approximate surface area is 181 Å². The molecule has 2 aromatic carbocycles. The molecule has 0 heterocycles. The van der Waals surface area contributed by atoms with E-state index in [0.29, 0.717) is 17.4 Å². The fraction of sp³-hybridized carbons (Fsp3) is 0.333. The first-order valence-electron chi connectivity index (χ1n) is 9.66. The zero-order chi connectivity index (χ0) is 22.6. The van der Waals surface area contributed by atoms with E-state index in [0.717, 1.165) is 6.42 Å². The van der Waals surface area contributed by atoms with E-state index in [2.05, 4.69) is 15.4 Å². The number of hydrogen-bond acceptors (Lipinski definition) is 6. The van der Waals surface area contributed by atoms with E-state index in [1.165, 1.54) is 32.4 Å². The highest BCUT2D eigenvalue weighted by Gasteiger charge is 2.39. The number of anilines is 2. The minimum atomic E-state index is -4.01. The number of nitrogens with one attached hydrogen (secondary N) is 3. The van der Waals surface area contributed by atoms with Gasteiger partial charge in [0.25, 0.3) is 10.0 Å². The number of amides is 2. The topological polar surface area (TPSA) is 123 Å². The number of rotatable bonds is 9. The summed E-state index contributed by atoms with van der Waals surface area (Å²) in [4.78, 5) is 23.9. The third-order valence-corrected chi connectivity index (χ3v) is 6.35. The monoisotopic (exact) mass is 447 g/mol. The quantitative estimate of drug-likeness (QED) is 0.542. The van der Waals surface area contributed by atoms with Gasteiger partial charge in [0.2, 0.25) is 11.8 Å². The van der Waals surface area contributed by atoms with Gasteiger partial charge in [-0.15, -0.1) is 0 Å². The van der Waals surface area contributed by atoms with Crippen molar-refractivity contribution >= 4 is 33.2 Å². The summed E-state index contributed by atoms with van der Waals surface area (Å²) in [5.41, 5.74) is 0.601. The standard InChI is InChI=1S/C21H25N3O6S/c1-13-10-17(13)21(26)22-12-20(25)23-15-6-9-18(30-3)19(11-15)31(27,28)24-14-4-7-16(29-2)8-5-14/h4-9,11,13,17,24H,10,12H2,1-3H3,(H,22,26)(H,23,25)/t13-,17+/m0/s1. The van der Waals surface area contributed by atoms with Crippen LogP contribution in [-0.4, -0.2) is 41.0 Å². The Balaban J connectivity index is 1.71. The van der Waals surface area contributed by atoms with E-state index in [1.54, 1.807) is 24.3 Å². The van der Waals surface area contributed by atoms with Gasteiger partial charge >= 0.3 is 0 Å². The number of sulfonamides is 1. The molecule has 3 N–H and O–H groups in total. The Bertz CT molecular complexity index is 1070. The van der Waals surface area contributed by atoms with Crippen LogP contribution in [0, 0.1) is 11.8 Å². The molecular formula is C21H25N3O6S. The first-order chi connectivity index (χ1) is 14.7. The van der Waals surface area contributed by atoms with Crippen LogP contribution < -0.4 is 24.8 Å². The lowest BCUT2D eigenvalue weighted by Crippen LogP contribution is -2.34. The van der Waals surface area contributed by atoms with Crippen LogP contribution in [0.3, 0.4) is 0 Å². The second-order valence-electron chi connectivity index (χ2n) is 7.29. The third kappa shape index (κ3) is 5.66. The van der Waals surface area contributed by atoms with Gasteiger partial charge in [0, 0.05) is 17.3 Å². The van der Waals surface area contributed by atoms with Crippen molar-refractivity contribution in [1.29, 1.82) is 0 Å². The van der Waals surface area contributed by atoms with E-state index in [9.17, 15) is 18.0 Å². The van der Waals surface area contributed by atoms with Gasteiger partial charge in [0.1, 0.15) is 16.4 Å². The van der Waals surface area contributed by atoms with Gasteiger partial charge in [-0.1, -0.05) is 6.92 Å². The molecule has 0 saturated heterocycles. The van der Waals surface area contributed by atoms with Gasteiger partial charge < -0.3 is 20.1 Å². The summed E-state index contributed by atoms with van der Waals surface area (Å²) in [5, 5.41) is 5.18. The highest BCUT2D eigenvalue weighted by Crippen LogP contribution is 2.37. The summed E-state index contributed by atoms with van der Waals surface area (Å²) in [6, 6.07) is 10.7. The van der Waals surface area contributed by atoms with Crippen LogP contribution >= 0.6 is 0 Å². The molecule has 0 unspecified atom stereocenters. The molecule has 2 aromatic rings. The molecule has 1 saturated carbocycles. The lowest BCUT2D eigenvalue weighted by Gasteiger charge is -2.14. The largest absolute Gasteiger partial charge is 0.497 e. The van der Waals surface area contributed by atoms with Crippen molar-refractivity contribution in [3.63, 3.8) is 0 Å². The third-order valence-electron chi connectivity index (χ3n) is 4.95. The molecule has 0 spiro atoms. The van der Waals surface area contributed by atoms with E-state index >= 15 is 0 Å². The summed E-state index contributed by atoms with van der Waals surface area (Å²) in [6.45, 7) is 1.78. The molecule has 1 fully saturated rings. The van der Waals surface area contributed by atoms with Crippen molar-refractivity contribution in [2.24, 2.45) is 11.8 Å². The maximum Gasteiger partial charge on any atom is 0.265 e. The van der Waals surface area contributed by atoms with E-state index in [4.69, 9.17) is 9.47 Å². The van der Waals surface area contributed by atoms with Crippen LogP contribution in [0.5, 0.6) is 11.5 Å². The van der Waals surface area contributed by atoms with Crippen molar-refractivity contribution < 1.29 is 27.5 Å². The second kappa shape index (κ2) is 9.25. The first-order valence-corrected chi connectivity index (χ1v) is 11.1. The molecule has 2 atom stereocenters. The Morgan fingerprint density at radius 2 is 1.68 bits per heavy atom. The summed E-state index contributed by atoms with van der Waals surface area (Å²) < 4.78 is 38.5. The Kier molecular flexibility index (Phi) is 6.69. The van der Waals surface area contributed by atoms with Crippen LogP contribution in [0.25, 0.3) is 0 Å². The predicted molar refractivity (Wildman–Crippen MR) is 116 cm³/mol. The number of carbonyl (C=O) groups is 2. The van der Waals surface area contributed by atoms with Crippen LogP contribution in [0.1, 0.15) is 13.3 Å². The summed E-state index contributed by atoms with van der Waals surface area (Å²) in [6.07, 6.45) is 0.828. The van der Waals surface area contributed by atoms with Crippen molar-refractivity contribution in [3.05, 3.63) is 42.5 Å². The molecular weight excluding hydrogens is 422 g/mol. The SMILES string of the molecule is COc1ccc(NS(=O)(=O)c2cc(NC(=O)CNC(=O)[C@@H]3C[C@@H]3C)ccc2OC)cc1. The van der Waals surface area contributed by atoms with Crippen molar-refractivity contribution in [2.75, 3.05) is 30.8 Å². The molecule has 0 radical (unpaired) electrons. The maximum atomic E-state index is 12.9. The molecule has 0 aliphatic heterocycles. The van der Waals surface area contributed by atoms with Crippen molar-refractivity contribution in [3.8, 4) is 11.5 Å². The molecule has 3 rings (SSSR count). The Morgan fingerprint density at radius 3 is 2.26 bits per heavy atom. The Hall–Kier alpha value is -3.27. The van der Waals surface area contributed by atoms with Crippen LogP contribution in [0.15, 0.2) is 47.4 Å². The molecule has 1 aliphatic carbocycles. The van der Waals surface area contributed by atoms with E-state index in [-0.39, 0.29) is 34.7 Å². The molecule has 2 amide bonds. The van der Waals surface area contributed by atoms with E-state index < -0.39 is 15.9 Å². The predicted octanol–water partition coefficient (Wildman–Crippen LogP) is 2.22.